The van der Waals surface area contributed by atoms with Crippen LogP contribution in [0.25, 0.3) is 6.08 Å². The number of phenols is 1. The lowest BCUT2D eigenvalue weighted by Gasteiger charge is -2.15. The maximum absolute atomic E-state index is 12.3. The van der Waals surface area contributed by atoms with E-state index >= 15 is 0 Å². The minimum Gasteiger partial charge on any atom is -0.508 e. The molecule has 0 aliphatic rings. The zero-order valence-electron chi connectivity index (χ0n) is 15.1. The molecule has 0 unspecified atom stereocenters. The summed E-state index contributed by atoms with van der Waals surface area (Å²) in [6.07, 6.45) is 3.28. The molecule has 0 spiro atoms. The van der Waals surface area contributed by atoms with Crippen molar-refractivity contribution in [2.24, 2.45) is 0 Å². The van der Waals surface area contributed by atoms with Crippen LogP contribution < -0.4 is 9.64 Å². The Bertz CT molecular complexity index is 918. The Morgan fingerprint density at radius 1 is 1.00 bits per heavy atom. The standard InChI is InChI=1S/C23H21NO3/c1-24(20-11-13-21(25)14-12-20)23(26)15-10-18-8-5-9-22(16-18)27-17-19-6-3-2-4-7-19/h2-16,25H,17H2,1H3/b15-10+. The molecule has 0 bridgehead atoms. The zero-order valence-corrected chi connectivity index (χ0v) is 15.1. The van der Waals surface area contributed by atoms with Crippen LogP contribution >= 0.6 is 0 Å². The van der Waals surface area contributed by atoms with Gasteiger partial charge in [0.25, 0.3) is 5.91 Å². The molecule has 0 fully saturated rings. The number of anilines is 1. The summed E-state index contributed by atoms with van der Waals surface area (Å²) in [4.78, 5) is 13.9. The van der Waals surface area contributed by atoms with Crippen LogP contribution in [-0.2, 0) is 11.4 Å². The Hall–Kier alpha value is -3.53. The number of carbonyl (C=O) groups excluding carboxylic acids is 1. The topological polar surface area (TPSA) is 49.8 Å². The van der Waals surface area contributed by atoms with Gasteiger partial charge in [0.15, 0.2) is 0 Å². The highest BCUT2D eigenvalue weighted by Crippen LogP contribution is 2.19. The van der Waals surface area contributed by atoms with Gasteiger partial charge in [-0.05, 0) is 53.6 Å². The monoisotopic (exact) mass is 359 g/mol. The zero-order chi connectivity index (χ0) is 19.1. The molecular weight excluding hydrogens is 338 g/mol. The molecule has 0 aromatic heterocycles. The van der Waals surface area contributed by atoms with Gasteiger partial charge in [0.1, 0.15) is 18.1 Å². The number of aromatic hydroxyl groups is 1. The quantitative estimate of drug-likeness (QED) is 0.652. The normalized spacial score (nSPS) is 10.7. The van der Waals surface area contributed by atoms with E-state index in [9.17, 15) is 9.90 Å². The summed E-state index contributed by atoms with van der Waals surface area (Å²) < 4.78 is 5.81. The summed E-state index contributed by atoms with van der Waals surface area (Å²) in [7, 11) is 1.69. The van der Waals surface area contributed by atoms with Gasteiger partial charge < -0.3 is 14.7 Å². The fourth-order valence-electron chi connectivity index (χ4n) is 2.53. The molecule has 0 aliphatic heterocycles. The van der Waals surface area contributed by atoms with Crippen molar-refractivity contribution in [3.8, 4) is 11.5 Å². The van der Waals surface area contributed by atoms with Gasteiger partial charge in [-0.1, -0.05) is 42.5 Å². The maximum Gasteiger partial charge on any atom is 0.250 e. The predicted octanol–water partition coefficient (Wildman–Crippen LogP) is 4.65. The number of nitrogens with zero attached hydrogens (tertiary/aromatic N) is 1. The lowest BCUT2D eigenvalue weighted by Crippen LogP contribution is -2.23. The molecule has 0 radical (unpaired) electrons. The average Bonchev–Trinajstić information content (AvgIpc) is 2.71. The molecule has 1 amide bonds. The molecule has 1 N–H and O–H groups in total. The molecule has 3 rings (SSSR count). The average molecular weight is 359 g/mol. The third-order valence-electron chi connectivity index (χ3n) is 4.09. The van der Waals surface area contributed by atoms with E-state index in [1.165, 1.54) is 11.0 Å². The molecule has 0 saturated carbocycles. The smallest absolute Gasteiger partial charge is 0.250 e. The van der Waals surface area contributed by atoms with E-state index in [-0.39, 0.29) is 11.7 Å². The number of hydrogen-bond donors (Lipinski definition) is 1. The van der Waals surface area contributed by atoms with Crippen molar-refractivity contribution in [3.05, 3.63) is 96.1 Å². The number of phenolic OH excluding ortho intramolecular Hbond substituents is 1. The van der Waals surface area contributed by atoms with Gasteiger partial charge in [0.2, 0.25) is 0 Å². The molecule has 4 heteroatoms. The van der Waals surface area contributed by atoms with E-state index in [2.05, 4.69) is 0 Å². The molecule has 136 valence electrons. The summed E-state index contributed by atoms with van der Waals surface area (Å²) in [6.45, 7) is 0.497. The third kappa shape index (κ3) is 5.22. The van der Waals surface area contributed by atoms with Crippen LogP contribution in [0.15, 0.2) is 84.9 Å². The van der Waals surface area contributed by atoms with Gasteiger partial charge in [-0.2, -0.15) is 0 Å². The van der Waals surface area contributed by atoms with Crippen molar-refractivity contribution >= 4 is 17.7 Å². The van der Waals surface area contributed by atoms with Crippen molar-refractivity contribution in [1.29, 1.82) is 0 Å². The van der Waals surface area contributed by atoms with Crippen LogP contribution in [0, 0.1) is 0 Å². The Morgan fingerprint density at radius 3 is 2.48 bits per heavy atom. The number of rotatable bonds is 6. The highest BCUT2D eigenvalue weighted by Gasteiger charge is 2.07. The van der Waals surface area contributed by atoms with Crippen LogP contribution in [0.1, 0.15) is 11.1 Å². The first-order valence-electron chi connectivity index (χ1n) is 8.63. The molecule has 0 atom stereocenters. The number of ether oxygens (including phenoxy) is 1. The summed E-state index contributed by atoms with van der Waals surface area (Å²) >= 11 is 0. The number of benzene rings is 3. The van der Waals surface area contributed by atoms with Crippen molar-refractivity contribution in [1.82, 2.24) is 0 Å². The van der Waals surface area contributed by atoms with Crippen molar-refractivity contribution in [2.75, 3.05) is 11.9 Å². The van der Waals surface area contributed by atoms with Crippen LogP contribution in [0.2, 0.25) is 0 Å². The third-order valence-corrected chi connectivity index (χ3v) is 4.09. The SMILES string of the molecule is CN(C(=O)/C=C/c1cccc(OCc2ccccc2)c1)c1ccc(O)cc1. The van der Waals surface area contributed by atoms with E-state index in [0.717, 1.165) is 16.9 Å². The highest BCUT2D eigenvalue weighted by molar-refractivity contribution is 6.03. The lowest BCUT2D eigenvalue weighted by atomic mass is 10.2. The Balaban J connectivity index is 1.62. The van der Waals surface area contributed by atoms with Crippen LogP contribution in [0.5, 0.6) is 11.5 Å². The first kappa shape index (κ1) is 18.3. The molecule has 0 aliphatic carbocycles. The first-order valence-corrected chi connectivity index (χ1v) is 8.63. The lowest BCUT2D eigenvalue weighted by molar-refractivity contribution is -0.113. The fourth-order valence-corrected chi connectivity index (χ4v) is 2.53. The Morgan fingerprint density at radius 2 is 1.74 bits per heavy atom. The minimum atomic E-state index is -0.156. The van der Waals surface area contributed by atoms with E-state index in [4.69, 9.17) is 4.74 Å². The van der Waals surface area contributed by atoms with Gasteiger partial charge in [0, 0.05) is 18.8 Å². The molecular formula is C23H21NO3. The van der Waals surface area contributed by atoms with Gasteiger partial charge in [0.05, 0.1) is 0 Å². The van der Waals surface area contributed by atoms with Crippen molar-refractivity contribution in [3.63, 3.8) is 0 Å². The molecule has 0 saturated heterocycles. The van der Waals surface area contributed by atoms with Gasteiger partial charge in [-0.25, -0.2) is 0 Å². The summed E-state index contributed by atoms with van der Waals surface area (Å²) in [6, 6.07) is 24.1. The molecule has 0 heterocycles. The Kier molecular flexibility index (Phi) is 5.90. The molecule has 27 heavy (non-hydrogen) atoms. The second-order valence-electron chi connectivity index (χ2n) is 6.09. The van der Waals surface area contributed by atoms with Crippen molar-refractivity contribution in [2.45, 2.75) is 6.61 Å². The minimum absolute atomic E-state index is 0.156. The number of hydrogen-bond acceptors (Lipinski definition) is 3. The van der Waals surface area contributed by atoms with Gasteiger partial charge in [-0.3, -0.25) is 4.79 Å². The second kappa shape index (κ2) is 8.72. The number of amides is 1. The first-order chi connectivity index (χ1) is 13.1. The summed E-state index contributed by atoms with van der Waals surface area (Å²) in [5.41, 5.74) is 2.69. The predicted molar refractivity (Wildman–Crippen MR) is 108 cm³/mol. The summed E-state index contributed by atoms with van der Waals surface area (Å²) in [5, 5.41) is 9.34. The number of likely N-dealkylation sites (N-methyl/N-ethyl adjacent to an activating group) is 1. The molecule has 3 aromatic carbocycles. The van der Waals surface area contributed by atoms with Crippen LogP contribution in [0.4, 0.5) is 5.69 Å². The van der Waals surface area contributed by atoms with Crippen LogP contribution in [0.3, 0.4) is 0 Å². The molecule has 4 nitrogen and oxygen atoms in total. The highest BCUT2D eigenvalue weighted by atomic mass is 16.5. The largest absolute Gasteiger partial charge is 0.508 e. The van der Waals surface area contributed by atoms with E-state index in [1.54, 1.807) is 37.4 Å². The fraction of sp³-hybridized carbons (Fsp3) is 0.0870. The maximum atomic E-state index is 12.3. The van der Waals surface area contributed by atoms with Crippen molar-refractivity contribution < 1.29 is 14.6 Å². The van der Waals surface area contributed by atoms with E-state index in [1.807, 2.05) is 54.6 Å². The second-order valence-corrected chi connectivity index (χ2v) is 6.09. The van der Waals surface area contributed by atoms with E-state index < -0.39 is 0 Å². The molecule has 3 aromatic rings. The van der Waals surface area contributed by atoms with Gasteiger partial charge >= 0.3 is 0 Å². The Labute approximate surface area is 159 Å². The summed E-state index contributed by atoms with van der Waals surface area (Å²) in [5.74, 6) is 0.763. The van der Waals surface area contributed by atoms with E-state index in [0.29, 0.717) is 12.3 Å². The number of carbonyl (C=O) groups is 1. The van der Waals surface area contributed by atoms with Crippen LogP contribution in [-0.4, -0.2) is 18.1 Å². The van der Waals surface area contributed by atoms with Gasteiger partial charge in [-0.15, -0.1) is 0 Å².